The molecule has 1 N–H and O–H groups in total. The summed E-state index contributed by atoms with van der Waals surface area (Å²) < 4.78 is 8.72. The minimum atomic E-state index is 1.26. The Morgan fingerprint density at radius 2 is 1.33 bits per heavy atom. The highest BCUT2D eigenvalue weighted by atomic mass is 16.3. The first-order valence-electron chi connectivity index (χ1n) is 3.81. The van der Waals surface area contributed by atoms with Crippen molar-refractivity contribution >= 4 is 0 Å². The fraction of sp³-hybridized carbons (Fsp3) is 0. The third-order valence-corrected chi connectivity index (χ3v) is 0.971. The van der Waals surface area contributed by atoms with E-state index in [1.54, 1.807) is 12.4 Å². The van der Waals surface area contributed by atoms with Crippen LogP contribution < -0.4 is 0 Å². The molecule has 0 aliphatic carbocycles. The van der Waals surface area contributed by atoms with E-state index in [-0.39, 0.29) is 0 Å². The van der Waals surface area contributed by atoms with Crippen LogP contribution in [0.25, 0.3) is 0 Å². The third kappa shape index (κ3) is 6.63. The third-order valence-electron chi connectivity index (χ3n) is 0.971. The highest BCUT2D eigenvalue weighted by molar-refractivity contribution is 4.72. The van der Waals surface area contributed by atoms with Crippen molar-refractivity contribution in [2.24, 2.45) is 0 Å². The average Bonchev–Trinajstić information content (AvgIpc) is 3.09. The Kier molecular flexibility index (Phi) is 5.71. The maximum atomic E-state index is 4.36. The summed E-state index contributed by atoms with van der Waals surface area (Å²) in [6.07, 6.45) is 8.51. The lowest BCUT2D eigenvalue weighted by atomic mass is 10.8. The summed E-state index contributed by atoms with van der Waals surface area (Å²) >= 11 is 0. The van der Waals surface area contributed by atoms with Crippen LogP contribution >= 0.6 is 0 Å². The molecule has 0 radical (unpaired) electrons. The molecule has 0 aliphatic heterocycles. The summed E-state index contributed by atoms with van der Waals surface area (Å²) in [7, 11) is 0. The van der Waals surface area contributed by atoms with Crippen LogP contribution in [-0.2, 0) is 0 Å². The average molecular weight is 208 g/mol. The normalized spacial score (nSPS) is 8.00. The number of hydrogen-bond acceptors (Lipinski definition) is 7. The van der Waals surface area contributed by atoms with Gasteiger partial charge < -0.3 is 8.83 Å². The van der Waals surface area contributed by atoms with Gasteiger partial charge in [0.05, 0.1) is 0 Å². The van der Waals surface area contributed by atoms with E-state index in [0.29, 0.717) is 0 Å². The molecule has 0 saturated carbocycles. The summed E-state index contributed by atoms with van der Waals surface area (Å²) in [4.78, 5) is 0. The summed E-state index contributed by atoms with van der Waals surface area (Å²) in [5.41, 5.74) is 0. The van der Waals surface area contributed by atoms with Crippen LogP contribution in [0.5, 0.6) is 0 Å². The van der Waals surface area contributed by atoms with Crippen molar-refractivity contribution in [3.05, 3.63) is 44.0 Å². The Morgan fingerprint density at radius 3 is 1.47 bits per heavy atom. The molecule has 0 aromatic carbocycles. The molecule has 3 aromatic heterocycles. The van der Waals surface area contributed by atoms with Gasteiger partial charge in [-0.05, 0) is 6.07 Å². The molecule has 8 nitrogen and oxygen atoms in total. The van der Waals surface area contributed by atoms with Crippen molar-refractivity contribution in [2.75, 3.05) is 0 Å². The van der Waals surface area contributed by atoms with Gasteiger partial charge in [0.2, 0.25) is 25.6 Å². The van der Waals surface area contributed by atoms with Gasteiger partial charge in [0.15, 0.2) is 0 Å². The van der Waals surface area contributed by atoms with Gasteiger partial charge in [-0.2, -0.15) is 5.10 Å². The summed E-state index contributed by atoms with van der Waals surface area (Å²) in [5.74, 6) is 0. The molecule has 3 aromatic rings. The van der Waals surface area contributed by atoms with Crippen LogP contribution in [0.1, 0.15) is 0 Å². The van der Waals surface area contributed by atoms with Gasteiger partial charge in [-0.1, -0.05) is 0 Å². The molecule has 0 aliphatic rings. The molecular formula is C7H8N6O2. The number of nitrogens with one attached hydrogen (secondary N) is 1. The van der Waals surface area contributed by atoms with Gasteiger partial charge in [-0.15, -0.1) is 20.4 Å². The monoisotopic (exact) mass is 208 g/mol. The molecule has 3 heterocycles. The van der Waals surface area contributed by atoms with Crippen molar-refractivity contribution in [3.8, 4) is 0 Å². The second-order valence-corrected chi connectivity index (χ2v) is 1.92. The van der Waals surface area contributed by atoms with Gasteiger partial charge in [0.25, 0.3) is 0 Å². The quantitative estimate of drug-likeness (QED) is 0.574. The Balaban J connectivity index is 0.000000112. The first-order valence-corrected chi connectivity index (χ1v) is 3.81. The van der Waals surface area contributed by atoms with Crippen LogP contribution in [0.15, 0.2) is 52.9 Å². The van der Waals surface area contributed by atoms with Gasteiger partial charge >= 0.3 is 0 Å². The number of aromatic nitrogens is 6. The van der Waals surface area contributed by atoms with Gasteiger partial charge in [0.1, 0.15) is 0 Å². The fourth-order valence-electron chi connectivity index (χ4n) is 0.487. The van der Waals surface area contributed by atoms with Crippen LogP contribution in [0.4, 0.5) is 0 Å². The summed E-state index contributed by atoms with van der Waals surface area (Å²) in [6.45, 7) is 0. The zero-order chi connectivity index (χ0) is 10.6. The minimum absolute atomic E-state index is 1.26. The largest absolute Gasteiger partial charge is 0.431 e. The summed E-state index contributed by atoms with van der Waals surface area (Å²) in [6, 6.07) is 1.83. The zero-order valence-electron chi connectivity index (χ0n) is 7.59. The second kappa shape index (κ2) is 8.10. The number of H-pyrrole nitrogens is 1. The predicted molar refractivity (Wildman–Crippen MR) is 47.2 cm³/mol. The second-order valence-electron chi connectivity index (χ2n) is 1.92. The molecule has 0 unspecified atom stereocenters. The van der Waals surface area contributed by atoms with E-state index in [2.05, 4.69) is 39.4 Å². The number of hydrogen-bond donors (Lipinski definition) is 1. The molecule has 15 heavy (non-hydrogen) atoms. The SMILES string of the molecule is c1cn[nH]c1.c1nnco1.c1nnco1. The first kappa shape index (κ1) is 10.6. The molecule has 0 saturated heterocycles. The molecule has 0 atom stereocenters. The molecule has 0 bridgehead atoms. The lowest BCUT2D eigenvalue weighted by molar-refractivity contribution is 0.553. The standard InChI is InChI=1S/C3H4N2.2C2H2N2O/c1-2-4-5-3-1;2*1-3-4-2-5-1/h1-3H,(H,4,5);2*1-2H. The van der Waals surface area contributed by atoms with Crippen LogP contribution in [-0.4, -0.2) is 30.6 Å². The van der Waals surface area contributed by atoms with E-state index >= 15 is 0 Å². The minimum Gasteiger partial charge on any atom is -0.431 e. The topological polar surface area (TPSA) is 107 Å². The van der Waals surface area contributed by atoms with Crippen LogP contribution in [0, 0.1) is 0 Å². The molecule has 0 spiro atoms. The fourth-order valence-corrected chi connectivity index (χ4v) is 0.487. The Bertz CT molecular complexity index is 253. The van der Waals surface area contributed by atoms with Gasteiger partial charge in [-0.25, -0.2) is 0 Å². The lowest BCUT2D eigenvalue weighted by Gasteiger charge is -1.49. The summed E-state index contributed by atoms with van der Waals surface area (Å²) in [5, 5.41) is 19.4. The van der Waals surface area contributed by atoms with Crippen molar-refractivity contribution < 1.29 is 8.83 Å². The van der Waals surface area contributed by atoms with E-state index in [1.165, 1.54) is 25.6 Å². The van der Waals surface area contributed by atoms with Crippen LogP contribution in [0.3, 0.4) is 0 Å². The molecular weight excluding hydrogens is 200 g/mol. The van der Waals surface area contributed by atoms with E-state index < -0.39 is 0 Å². The molecule has 78 valence electrons. The Labute approximate surface area is 84.4 Å². The van der Waals surface area contributed by atoms with Crippen LogP contribution in [0.2, 0.25) is 0 Å². The highest BCUT2D eigenvalue weighted by Gasteiger charge is 1.61. The number of rotatable bonds is 0. The molecule has 8 heteroatoms. The van der Waals surface area contributed by atoms with Gasteiger partial charge in [0, 0.05) is 12.4 Å². The predicted octanol–water partition coefficient (Wildman–Crippen LogP) is 0.549. The van der Waals surface area contributed by atoms with Crippen molar-refractivity contribution in [1.82, 2.24) is 30.6 Å². The smallest absolute Gasteiger partial charge is 0.203 e. The Morgan fingerprint density at radius 1 is 0.800 bits per heavy atom. The Hall–Kier alpha value is -2.51. The number of nitrogens with zero attached hydrogens (tertiary/aromatic N) is 5. The maximum absolute atomic E-state index is 4.36. The van der Waals surface area contributed by atoms with Crippen molar-refractivity contribution in [2.45, 2.75) is 0 Å². The molecule has 3 rings (SSSR count). The van der Waals surface area contributed by atoms with Gasteiger partial charge in [-0.3, -0.25) is 5.10 Å². The van der Waals surface area contributed by atoms with Crippen molar-refractivity contribution in [3.63, 3.8) is 0 Å². The van der Waals surface area contributed by atoms with E-state index in [4.69, 9.17) is 0 Å². The van der Waals surface area contributed by atoms with E-state index in [1.807, 2.05) is 6.07 Å². The van der Waals surface area contributed by atoms with E-state index in [0.717, 1.165) is 0 Å². The van der Waals surface area contributed by atoms with Crippen molar-refractivity contribution in [1.29, 1.82) is 0 Å². The number of aromatic amines is 1. The first-order chi connectivity index (χ1) is 7.50. The molecule has 0 amide bonds. The maximum Gasteiger partial charge on any atom is 0.203 e. The zero-order valence-corrected chi connectivity index (χ0v) is 7.59. The van der Waals surface area contributed by atoms with E-state index in [9.17, 15) is 0 Å². The highest BCUT2D eigenvalue weighted by Crippen LogP contribution is 1.65. The lowest BCUT2D eigenvalue weighted by Crippen LogP contribution is -1.53. The molecule has 0 fully saturated rings.